The largest absolute Gasteiger partial charge is 0.467 e. The maximum atomic E-state index is 12.4. The van der Waals surface area contributed by atoms with E-state index in [4.69, 9.17) is 4.42 Å². The van der Waals surface area contributed by atoms with Crippen molar-refractivity contribution >= 4 is 11.8 Å². The molecule has 0 aromatic carbocycles. The Morgan fingerprint density at radius 1 is 1.04 bits per heavy atom. The second-order valence-corrected chi connectivity index (χ2v) is 8.23. The van der Waals surface area contributed by atoms with E-state index in [2.05, 4.69) is 10.6 Å². The van der Waals surface area contributed by atoms with Crippen LogP contribution in [0.4, 0.5) is 0 Å². The Hall–Kier alpha value is -1.78. The summed E-state index contributed by atoms with van der Waals surface area (Å²) in [7, 11) is 0. The van der Waals surface area contributed by atoms with Crippen LogP contribution < -0.4 is 10.6 Å². The van der Waals surface area contributed by atoms with Gasteiger partial charge in [-0.1, -0.05) is 0 Å². The molecule has 5 nitrogen and oxygen atoms in total. The van der Waals surface area contributed by atoms with E-state index in [1.165, 1.54) is 38.5 Å². The van der Waals surface area contributed by atoms with E-state index in [0.717, 1.165) is 17.8 Å². The number of hydrogen-bond donors (Lipinski definition) is 2. The maximum Gasteiger partial charge on any atom is 0.239 e. The van der Waals surface area contributed by atoms with Gasteiger partial charge in [-0.2, -0.15) is 0 Å². The van der Waals surface area contributed by atoms with E-state index >= 15 is 0 Å². The van der Waals surface area contributed by atoms with E-state index in [1.807, 2.05) is 6.07 Å². The lowest BCUT2D eigenvalue weighted by Gasteiger charge is -2.56. The van der Waals surface area contributed by atoms with E-state index in [1.54, 1.807) is 12.3 Å². The van der Waals surface area contributed by atoms with E-state index < -0.39 is 0 Å². The molecule has 4 aliphatic carbocycles. The number of carbonyl (C=O) groups excluding carboxylic acids is 2. The van der Waals surface area contributed by atoms with Gasteiger partial charge in [0.15, 0.2) is 0 Å². The quantitative estimate of drug-likeness (QED) is 0.842. The van der Waals surface area contributed by atoms with Gasteiger partial charge in [-0.15, -0.1) is 0 Å². The second-order valence-electron chi connectivity index (χ2n) is 8.23. The molecule has 2 N–H and O–H groups in total. The summed E-state index contributed by atoms with van der Waals surface area (Å²) in [4.78, 5) is 24.2. The highest BCUT2D eigenvalue weighted by molar-refractivity contribution is 5.84. The molecule has 130 valence electrons. The lowest BCUT2D eigenvalue weighted by molar-refractivity contribution is -0.132. The lowest BCUT2D eigenvalue weighted by Crippen LogP contribution is -2.48. The Kier molecular flexibility index (Phi) is 4.10. The van der Waals surface area contributed by atoms with Gasteiger partial charge in [-0.3, -0.25) is 9.59 Å². The average molecular weight is 330 g/mol. The first kappa shape index (κ1) is 15.7. The minimum atomic E-state index is -0.176. The molecular formula is C19H26N2O3. The molecule has 1 heterocycles. The summed E-state index contributed by atoms with van der Waals surface area (Å²) >= 11 is 0. The molecule has 4 fully saturated rings. The van der Waals surface area contributed by atoms with Gasteiger partial charge in [-0.25, -0.2) is 0 Å². The molecule has 4 saturated carbocycles. The fraction of sp³-hybridized carbons (Fsp3) is 0.684. The van der Waals surface area contributed by atoms with E-state index in [0.29, 0.717) is 18.7 Å². The fourth-order valence-corrected chi connectivity index (χ4v) is 5.75. The van der Waals surface area contributed by atoms with Gasteiger partial charge in [0.1, 0.15) is 5.76 Å². The number of nitrogens with one attached hydrogen (secondary N) is 2. The summed E-state index contributed by atoms with van der Waals surface area (Å²) in [6.45, 7) is 0.405. The lowest BCUT2D eigenvalue weighted by atomic mass is 9.49. The first-order chi connectivity index (χ1) is 11.6. The zero-order valence-electron chi connectivity index (χ0n) is 14.1. The van der Waals surface area contributed by atoms with Crippen LogP contribution in [0.1, 0.15) is 50.7 Å². The molecule has 24 heavy (non-hydrogen) atoms. The summed E-state index contributed by atoms with van der Waals surface area (Å²) in [5, 5.41) is 5.56. The molecule has 0 atom stereocenters. The zero-order valence-corrected chi connectivity index (χ0v) is 14.1. The van der Waals surface area contributed by atoms with Gasteiger partial charge in [0, 0.05) is 6.42 Å². The molecule has 0 saturated heterocycles. The molecule has 5 heteroatoms. The highest BCUT2D eigenvalue weighted by atomic mass is 16.3. The van der Waals surface area contributed by atoms with Crippen LogP contribution in [-0.4, -0.2) is 18.4 Å². The van der Waals surface area contributed by atoms with Crippen LogP contribution in [0.25, 0.3) is 0 Å². The topological polar surface area (TPSA) is 71.3 Å². The van der Waals surface area contributed by atoms with Crippen LogP contribution >= 0.6 is 0 Å². The Bertz CT molecular complexity index is 573. The molecule has 4 aliphatic rings. The van der Waals surface area contributed by atoms with Crippen molar-refractivity contribution < 1.29 is 14.0 Å². The van der Waals surface area contributed by atoms with Gasteiger partial charge in [-0.05, 0) is 73.8 Å². The van der Waals surface area contributed by atoms with Crippen LogP contribution in [0.2, 0.25) is 0 Å². The summed E-state index contributed by atoms with van der Waals surface area (Å²) in [6, 6.07) is 3.60. The summed E-state index contributed by atoms with van der Waals surface area (Å²) in [5.41, 5.74) is 0.226. The predicted molar refractivity (Wildman–Crippen MR) is 88.8 cm³/mol. The van der Waals surface area contributed by atoms with E-state index in [-0.39, 0.29) is 23.8 Å². The highest BCUT2D eigenvalue weighted by Gasteiger charge is 2.51. The van der Waals surface area contributed by atoms with Crippen LogP contribution in [0.5, 0.6) is 0 Å². The third-order valence-electron chi connectivity index (χ3n) is 6.19. The van der Waals surface area contributed by atoms with E-state index in [9.17, 15) is 9.59 Å². The first-order valence-corrected chi connectivity index (χ1v) is 9.16. The zero-order chi connectivity index (χ0) is 16.6. The predicted octanol–water partition coefficient (Wildman–Crippen LogP) is 2.62. The highest BCUT2D eigenvalue weighted by Crippen LogP contribution is 2.61. The Balaban J connectivity index is 1.23. The summed E-state index contributed by atoms with van der Waals surface area (Å²) in [6.07, 6.45) is 9.99. The molecule has 0 aliphatic heterocycles. The van der Waals surface area contributed by atoms with Crippen LogP contribution in [0.3, 0.4) is 0 Å². The minimum absolute atomic E-state index is 0.0325. The summed E-state index contributed by atoms with van der Waals surface area (Å²) in [5.74, 6) is 3.11. The Morgan fingerprint density at radius 3 is 2.29 bits per heavy atom. The van der Waals surface area contributed by atoms with Crippen molar-refractivity contribution in [2.75, 3.05) is 6.54 Å². The summed E-state index contributed by atoms with van der Waals surface area (Å²) < 4.78 is 5.17. The fourth-order valence-electron chi connectivity index (χ4n) is 5.75. The molecule has 0 radical (unpaired) electrons. The van der Waals surface area contributed by atoms with Crippen molar-refractivity contribution in [3.8, 4) is 0 Å². The molecular weight excluding hydrogens is 304 g/mol. The van der Waals surface area contributed by atoms with Crippen molar-refractivity contribution in [2.24, 2.45) is 23.2 Å². The van der Waals surface area contributed by atoms with Gasteiger partial charge in [0.2, 0.25) is 11.8 Å². The standard InChI is InChI=1S/C19H26N2O3/c22-17(21-12-18(23)20-11-16-2-1-3-24-16)10-19-7-13-4-14(8-19)6-15(5-13)9-19/h1-3,13-15H,4-12H2,(H,20,23)(H,21,22). The van der Waals surface area contributed by atoms with Crippen molar-refractivity contribution in [3.05, 3.63) is 24.2 Å². The van der Waals surface area contributed by atoms with Crippen LogP contribution in [0.15, 0.2) is 22.8 Å². The monoisotopic (exact) mass is 330 g/mol. The maximum absolute atomic E-state index is 12.4. The first-order valence-electron chi connectivity index (χ1n) is 9.16. The molecule has 2 amide bonds. The van der Waals surface area contributed by atoms with Gasteiger partial charge in [0.25, 0.3) is 0 Å². The molecule has 0 unspecified atom stereocenters. The number of rotatable bonds is 6. The molecule has 1 aromatic heterocycles. The third-order valence-corrected chi connectivity index (χ3v) is 6.19. The molecule has 0 spiro atoms. The molecule has 4 bridgehead atoms. The second kappa shape index (κ2) is 6.26. The Labute approximate surface area is 142 Å². The van der Waals surface area contributed by atoms with Crippen molar-refractivity contribution in [2.45, 2.75) is 51.5 Å². The van der Waals surface area contributed by atoms with Gasteiger partial charge >= 0.3 is 0 Å². The van der Waals surface area contributed by atoms with Crippen molar-refractivity contribution in [1.82, 2.24) is 10.6 Å². The van der Waals surface area contributed by atoms with Crippen LogP contribution in [0, 0.1) is 23.2 Å². The Morgan fingerprint density at radius 2 is 1.71 bits per heavy atom. The number of carbonyl (C=O) groups is 2. The minimum Gasteiger partial charge on any atom is -0.467 e. The average Bonchev–Trinajstić information content (AvgIpc) is 3.02. The van der Waals surface area contributed by atoms with Gasteiger partial charge in [0.05, 0.1) is 19.4 Å². The van der Waals surface area contributed by atoms with Gasteiger partial charge < -0.3 is 15.1 Å². The smallest absolute Gasteiger partial charge is 0.239 e. The third kappa shape index (κ3) is 3.35. The number of hydrogen-bond acceptors (Lipinski definition) is 3. The molecule has 1 aromatic rings. The SMILES string of the molecule is O=C(CNC(=O)CC12CC3CC(CC(C3)C1)C2)NCc1ccco1. The number of furan rings is 1. The van der Waals surface area contributed by atoms with Crippen LogP contribution in [-0.2, 0) is 16.1 Å². The van der Waals surface area contributed by atoms with Crippen molar-refractivity contribution in [1.29, 1.82) is 0 Å². The van der Waals surface area contributed by atoms with Crippen molar-refractivity contribution in [3.63, 3.8) is 0 Å². The normalized spacial score (nSPS) is 33.4. The molecule has 5 rings (SSSR count). The number of amides is 2.